The van der Waals surface area contributed by atoms with Gasteiger partial charge in [0.05, 0.1) is 16.8 Å². The van der Waals surface area contributed by atoms with E-state index in [0.717, 1.165) is 61.3 Å². The molecule has 2 amide bonds. The molecule has 1 aliphatic heterocycles. The number of nitrogens with one attached hydrogen (secondary N) is 1. The highest BCUT2D eigenvalue weighted by Gasteiger charge is 2.42. The highest BCUT2D eigenvalue weighted by molar-refractivity contribution is 6.01. The smallest absolute Gasteiger partial charge is 0.253 e. The molecule has 1 heterocycles. The molecule has 0 bridgehead atoms. The first kappa shape index (κ1) is 22.2. The summed E-state index contributed by atoms with van der Waals surface area (Å²) >= 11 is 0. The Morgan fingerprint density at radius 1 is 0.706 bits per heavy atom. The number of carbonyl (C=O) groups is 2. The lowest BCUT2D eigenvalue weighted by molar-refractivity contribution is -0.121. The van der Waals surface area contributed by atoms with E-state index in [0.29, 0.717) is 13.1 Å². The van der Waals surface area contributed by atoms with Crippen LogP contribution in [0.25, 0.3) is 0 Å². The lowest BCUT2D eigenvalue weighted by Crippen LogP contribution is -2.49. The molecule has 3 aromatic rings. The van der Waals surface area contributed by atoms with E-state index in [-0.39, 0.29) is 11.8 Å². The molecule has 1 saturated heterocycles. The molecule has 174 valence electrons. The number of hydrogen-bond donors (Lipinski definition) is 1. The van der Waals surface area contributed by atoms with E-state index in [2.05, 4.69) is 28.4 Å². The molecule has 5 nitrogen and oxygen atoms in total. The van der Waals surface area contributed by atoms with Crippen molar-refractivity contribution in [2.75, 3.05) is 36.4 Å². The molecule has 2 aliphatic rings. The Morgan fingerprint density at radius 2 is 1.29 bits per heavy atom. The molecule has 1 N–H and O–H groups in total. The average molecular weight is 454 g/mol. The van der Waals surface area contributed by atoms with E-state index in [9.17, 15) is 9.59 Å². The topological polar surface area (TPSA) is 52.7 Å². The normalized spacial score (nSPS) is 17.4. The van der Waals surface area contributed by atoms with Crippen LogP contribution in [0.15, 0.2) is 84.9 Å². The summed E-state index contributed by atoms with van der Waals surface area (Å²) in [6.07, 6.45) is 3.90. The minimum Gasteiger partial charge on any atom is -0.366 e. The Morgan fingerprint density at radius 3 is 1.97 bits per heavy atom. The van der Waals surface area contributed by atoms with Gasteiger partial charge in [-0.25, -0.2) is 0 Å². The van der Waals surface area contributed by atoms with Gasteiger partial charge in [0.25, 0.3) is 5.91 Å². The number of piperazine rings is 1. The van der Waals surface area contributed by atoms with Gasteiger partial charge in [-0.05, 0) is 42.7 Å². The van der Waals surface area contributed by atoms with Crippen molar-refractivity contribution in [3.8, 4) is 0 Å². The van der Waals surface area contributed by atoms with E-state index in [1.54, 1.807) is 0 Å². The Balaban J connectivity index is 1.31. The lowest BCUT2D eigenvalue weighted by atomic mass is 9.78. The van der Waals surface area contributed by atoms with Crippen molar-refractivity contribution in [3.63, 3.8) is 0 Å². The number of nitrogens with zero attached hydrogens (tertiary/aromatic N) is 2. The minimum atomic E-state index is -0.463. The second-order valence-electron chi connectivity index (χ2n) is 9.27. The number of carbonyl (C=O) groups excluding carboxylic acids is 2. The summed E-state index contributed by atoms with van der Waals surface area (Å²) in [5.74, 6) is 0.161. The fraction of sp³-hybridized carbons (Fsp3) is 0.310. The van der Waals surface area contributed by atoms with E-state index in [1.807, 2.05) is 71.6 Å². The summed E-state index contributed by atoms with van der Waals surface area (Å²) < 4.78 is 0. The predicted octanol–water partition coefficient (Wildman–Crippen LogP) is 5.10. The summed E-state index contributed by atoms with van der Waals surface area (Å²) in [6.45, 7) is 2.78. The third-order valence-electron chi connectivity index (χ3n) is 7.30. The summed E-state index contributed by atoms with van der Waals surface area (Å²) in [5.41, 5.74) is 3.23. The van der Waals surface area contributed by atoms with Crippen molar-refractivity contribution in [2.24, 2.45) is 0 Å². The van der Waals surface area contributed by atoms with Crippen molar-refractivity contribution >= 4 is 23.2 Å². The van der Waals surface area contributed by atoms with Gasteiger partial charge in [0.1, 0.15) is 0 Å². The predicted molar refractivity (Wildman–Crippen MR) is 136 cm³/mol. The van der Waals surface area contributed by atoms with Crippen molar-refractivity contribution in [3.05, 3.63) is 96.1 Å². The zero-order valence-corrected chi connectivity index (χ0v) is 19.5. The molecule has 1 saturated carbocycles. The molecule has 0 radical (unpaired) electrons. The number of hydrogen-bond acceptors (Lipinski definition) is 3. The number of anilines is 2. The van der Waals surface area contributed by atoms with Crippen molar-refractivity contribution in [2.45, 2.75) is 31.1 Å². The van der Waals surface area contributed by atoms with Crippen LogP contribution in [0.5, 0.6) is 0 Å². The second kappa shape index (κ2) is 9.72. The molecule has 5 rings (SSSR count). The molecular weight excluding hydrogens is 422 g/mol. The molecule has 2 fully saturated rings. The van der Waals surface area contributed by atoms with Gasteiger partial charge < -0.3 is 15.1 Å². The van der Waals surface area contributed by atoms with Crippen LogP contribution in [0.1, 0.15) is 41.6 Å². The van der Waals surface area contributed by atoms with Gasteiger partial charge in [0.2, 0.25) is 5.91 Å². The highest BCUT2D eigenvalue weighted by Crippen LogP contribution is 2.42. The summed E-state index contributed by atoms with van der Waals surface area (Å²) in [7, 11) is 0. The number of rotatable bonds is 5. The van der Waals surface area contributed by atoms with Crippen LogP contribution in [-0.4, -0.2) is 42.9 Å². The zero-order valence-electron chi connectivity index (χ0n) is 19.5. The van der Waals surface area contributed by atoms with Crippen molar-refractivity contribution in [1.29, 1.82) is 0 Å². The first-order chi connectivity index (χ1) is 16.7. The molecule has 34 heavy (non-hydrogen) atoms. The molecule has 0 spiro atoms. The van der Waals surface area contributed by atoms with Crippen LogP contribution in [0.4, 0.5) is 11.4 Å². The standard InChI is InChI=1S/C29H31N3O2/c33-27(23-11-3-1-4-12-23)32-21-19-31(20-22-32)26-16-8-7-15-25(26)30-28(34)29(17-9-10-18-29)24-13-5-2-6-14-24/h1-8,11-16H,9-10,17-22H2,(H,30,34). The third-order valence-corrected chi connectivity index (χ3v) is 7.30. The van der Waals surface area contributed by atoms with E-state index in [1.165, 1.54) is 0 Å². The summed E-state index contributed by atoms with van der Waals surface area (Å²) in [4.78, 5) is 30.7. The van der Waals surface area contributed by atoms with Gasteiger partial charge in [-0.2, -0.15) is 0 Å². The Kier molecular flexibility index (Phi) is 6.35. The van der Waals surface area contributed by atoms with Gasteiger partial charge >= 0.3 is 0 Å². The second-order valence-corrected chi connectivity index (χ2v) is 9.27. The molecule has 0 atom stereocenters. The molecule has 5 heteroatoms. The number of para-hydroxylation sites is 2. The van der Waals surface area contributed by atoms with Gasteiger partial charge in [0.15, 0.2) is 0 Å². The first-order valence-electron chi connectivity index (χ1n) is 12.2. The number of benzene rings is 3. The van der Waals surface area contributed by atoms with Crippen LogP contribution in [-0.2, 0) is 10.2 Å². The molecule has 0 aromatic heterocycles. The van der Waals surface area contributed by atoms with Crippen LogP contribution in [0.2, 0.25) is 0 Å². The van der Waals surface area contributed by atoms with Crippen LogP contribution in [0, 0.1) is 0 Å². The van der Waals surface area contributed by atoms with E-state index in [4.69, 9.17) is 0 Å². The maximum absolute atomic E-state index is 13.7. The maximum atomic E-state index is 13.7. The average Bonchev–Trinajstić information content (AvgIpc) is 3.41. The molecule has 0 unspecified atom stereocenters. The fourth-order valence-electron chi connectivity index (χ4n) is 5.39. The summed E-state index contributed by atoms with van der Waals surface area (Å²) in [6, 6.07) is 27.7. The van der Waals surface area contributed by atoms with E-state index >= 15 is 0 Å². The Labute approximate surface area is 201 Å². The molecule has 1 aliphatic carbocycles. The van der Waals surface area contributed by atoms with Gasteiger partial charge in [-0.1, -0.05) is 73.5 Å². The van der Waals surface area contributed by atoms with Gasteiger partial charge in [-0.15, -0.1) is 0 Å². The van der Waals surface area contributed by atoms with Gasteiger partial charge in [0, 0.05) is 31.7 Å². The summed E-state index contributed by atoms with van der Waals surface area (Å²) in [5, 5.41) is 3.29. The largest absolute Gasteiger partial charge is 0.366 e. The molecule has 3 aromatic carbocycles. The van der Waals surface area contributed by atoms with E-state index < -0.39 is 5.41 Å². The Hall–Kier alpha value is -3.60. The zero-order chi connectivity index (χ0) is 23.4. The van der Waals surface area contributed by atoms with Crippen LogP contribution < -0.4 is 10.2 Å². The molecular formula is C29H31N3O2. The Bertz CT molecular complexity index is 1130. The van der Waals surface area contributed by atoms with Crippen LogP contribution >= 0.6 is 0 Å². The van der Waals surface area contributed by atoms with Crippen LogP contribution in [0.3, 0.4) is 0 Å². The minimum absolute atomic E-state index is 0.0767. The van der Waals surface area contributed by atoms with Crippen molar-refractivity contribution in [1.82, 2.24) is 4.90 Å². The number of amides is 2. The van der Waals surface area contributed by atoms with Gasteiger partial charge in [-0.3, -0.25) is 9.59 Å². The lowest BCUT2D eigenvalue weighted by Gasteiger charge is -2.37. The fourth-order valence-corrected chi connectivity index (χ4v) is 5.39. The highest BCUT2D eigenvalue weighted by atomic mass is 16.2. The SMILES string of the molecule is O=C(c1ccccc1)N1CCN(c2ccccc2NC(=O)C2(c3ccccc3)CCCC2)CC1. The monoisotopic (exact) mass is 453 g/mol. The van der Waals surface area contributed by atoms with Crippen molar-refractivity contribution < 1.29 is 9.59 Å². The third kappa shape index (κ3) is 4.30. The quantitative estimate of drug-likeness (QED) is 0.585. The maximum Gasteiger partial charge on any atom is 0.253 e. The first-order valence-corrected chi connectivity index (χ1v) is 12.2.